The van der Waals surface area contributed by atoms with Crippen molar-refractivity contribution in [3.63, 3.8) is 0 Å². The van der Waals surface area contributed by atoms with E-state index in [-0.39, 0.29) is 24.8 Å². The topological polar surface area (TPSA) is 109 Å². The second kappa shape index (κ2) is 12.6. The predicted octanol–water partition coefficient (Wildman–Crippen LogP) is 4.42. The van der Waals surface area contributed by atoms with Crippen LogP contribution in [0.2, 0.25) is 0 Å². The number of allylic oxidation sites excluding steroid dienone is 2. The number of hydrogen-bond donors (Lipinski definition) is 4. The monoisotopic (exact) mass is 506 g/mol. The number of benzene rings is 2. The smallest absolute Gasteiger partial charge is 0.206 e. The van der Waals surface area contributed by atoms with Crippen LogP contribution in [0.5, 0.6) is 0 Å². The highest BCUT2D eigenvalue weighted by Crippen LogP contribution is 2.30. The zero-order valence-electron chi connectivity index (χ0n) is 22.4. The molecule has 2 aromatic rings. The first-order valence-electron chi connectivity index (χ1n) is 12.7. The van der Waals surface area contributed by atoms with Crippen molar-refractivity contribution in [3.05, 3.63) is 70.6 Å². The number of aryl methyl sites for hydroxylation is 2. The van der Waals surface area contributed by atoms with Crippen LogP contribution < -0.4 is 15.1 Å². The van der Waals surface area contributed by atoms with E-state index >= 15 is 0 Å². The number of carbonyl (C=O) groups excluding carboxylic acids is 1. The second-order valence-corrected chi connectivity index (χ2v) is 9.06. The molecule has 0 heterocycles. The summed E-state index contributed by atoms with van der Waals surface area (Å²) in [7, 11) is 0. The van der Waals surface area contributed by atoms with Crippen LogP contribution in [0.3, 0.4) is 0 Å². The van der Waals surface area contributed by atoms with Crippen LogP contribution in [0.4, 0.5) is 22.7 Å². The lowest BCUT2D eigenvalue weighted by Gasteiger charge is -2.24. The fraction of sp³-hybridized carbons (Fsp3) is 0.379. The van der Waals surface area contributed by atoms with E-state index in [0.717, 1.165) is 41.3 Å². The molecule has 2 aromatic carbocycles. The number of rotatable bonds is 11. The Morgan fingerprint density at radius 1 is 0.865 bits per heavy atom. The maximum Gasteiger partial charge on any atom is 0.206 e. The summed E-state index contributed by atoms with van der Waals surface area (Å²) in [5, 5.41) is 32.5. The van der Waals surface area contributed by atoms with Crippen LogP contribution in [-0.4, -0.2) is 66.2 Å². The van der Waals surface area contributed by atoms with Gasteiger partial charge in [0.15, 0.2) is 0 Å². The molecule has 0 aliphatic heterocycles. The molecule has 0 saturated carbocycles. The molecule has 37 heavy (non-hydrogen) atoms. The third-order valence-electron chi connectivity index (χ3n) is 6.60. The van der Waals surface area contributed by atoms with Crippen molar-refractivity contribution in [2.24, 2.45) is 4.99 Å². The zero-order valence-corrected chi connectivity index (χ0v) is 22.4. The molecular formula is C29H38N4O4. The van der Waals surface area contributed by atoms with Gasteiger partial charge in [-0.3, -0.25) is 4.79 Å². The Bertz CT molecular complexity index is 1230. The van der Waals surface area contributed by atoms with E-state index in [1.165, 1.54) is 6.08 Å². The fourth-order valence-corrected chi connectivity index (χ4v) is 4.44. The summed E-state index contributed by atoms with van der Waals surface area (Å²) in [4.78, 5) is 21.7. The Hall–Kier alpha value is -3.62. The van der Waals surface area contributed by atoms with Crippen LogP contribution in [0.15, 0.2) is 64.5 Å². The Labute approximate surface area is 219 Å². The molecule has 0 radical (unpaired) electrons. The molecule has 8 heteroatoms. The molecule has 1 aliphatic carbocycles. The molecule has 0 amide bonds. The molecule has 198 valence electrons. The average molecular weight is 507 g/mol. The predicted molar refractivity (Wildman–Crippen MR) is 151 cm³/mol. The lowest BCUT2D eigenvalue weighted by molar-refractivity contribution is -0.111. The summed E-state index contributed by atoms with van der Waals surface area (Å²) < 4.78 is 0. The van der Waals surface area contributed by atoms with Gasteiger partial charge in [0.25, 0.3) is 0 Å². The minimum atomic E-state index is -0.317. The lowest BCUT2D eigenvalue weighted by Crippen LogP contribution is -2.26. The van der Waals surface area contributed by atoms with E-state index < -0.39 is 0 Å². The van der Waals surface area contributed by atoms with E-state index in [1.54, 1.807) is 6.92 Å². The molecule has 0 fully saturated rings. The maximum absolute atomic E-state index is 12.8. The SMILES string of the molecule is CCN(CCO)c1ccc(/N=C2/C(O)=CC(=O)C(Nc3ccc(N(CC)CCO)cc3C)=C2C)c(C)c1. The minimum Gasteiger partial charge on any atom is -0.506 e. The van der Waals surface area contributed by atoms with E-state index in [0.29, 0.717) is 35.8 Å². The summed E-state index contributed by atoms with van der Waals surface area (Å²) >= 11 is 0. The highest BCUT2D eigenvalue weighted by Gasteiger charge is 2.25. The summed E-state index contributed by atoms with van der Waals surface area (Å²) in [6.45, 7) is 12.6. The van der Waals surface area contributed by atoms with Gasteiger partial charge in [-0.25, -0.2) is 4.99 Å². The van der Waals surface area contributed by atoms with Crippen LogP contribution in [0, 0.1) is 13.8 Å². The Morgan fingerprint density at radius 2 is 1.43 bits per heavy atom. The van der Waals surface area contributed by atoms with E-state index in [2.05, 4.69) is 15.1 Å². The standard InChI is InChI=1S/C29H38N4O4/c1-6-32(12-14-34)22-8-10-24(19(3)16-22)30-28-21(5)29(27(37)18-26(28)36)31-25-11-9-23(17-20(25)4)33(7-2)13-15-35/h8-11,16-18,30,34-35,37H,6-7,12-15H2,1-5H3/b31-29+. The number of aliphatic hydroxyl groups excluding tert-OH is 3. The Morgan fingerprint density at radius 3 is 1.95 bits per heavy atom. The van der Waals surface area contributed by atoms with Gasteiger partial charge in [-0.1, -0.05) is 0 Å². The number of ketones is 1. The molecule has 0 spiro atoms. The molecule has 1 aliphatic rings. The molecule has 8 nitrogen and oxygen atoms in total. The number of aliphatic hydroxyl groups is 3. The van der Waals surface area contributed by atoms with Crippen LogP contribution in [0.1, 0.15) is 31.9 Å². The summed E-state index contributed by atoms with van der Waals surface area (Å²) in [6.07, 6.45) is 1.20. The molecule has 0 aromatic heterocycles. The zero-order chi connectivity index (χ0) is 27.1. The van der Waals surface area contributed by atoms with Gasteiger partial charge >= 0.3 is 0 Å². The van der Waals surface area contributed by atoms with Crippen molar-refractivity contribution in [2.75, 3.05) is 54.5 Å². The first-order valence-corrected chi connectivity index (χ1v) is 12.7. The molecule has 0 unspecified atom stereocenters. The van der Waals surface area contributed by atoms with Crippen molar-refractivity contribution < 1.29 is 20.1 Å². The van der Waals surface area contributed by atoms with Crippen molar-refractivity contribution in [1.29, 1.82) is 0 Å². The number of nitrogens with one attached hydrogen (secondary N) is 1. The fourth-order valence-electron chi connectivity index (χ4n) is 4.44. The minimum absolute atomic E-state index is 0.0745. The van der Waals surface area contributed by atoms with Gasteiger partial charge in [0, 0.05) is 54.9 Å². The van der Waals surface area contributed by atoms with Gasteiger partial charge in [0.1, 0.15) is 11.5 Å². The number of anilines is 3. The molecular weight excluding hydrogens is 468 g/mol. The normalized spacial score (nSPS) is 14.7. The highest BCUT2D eigenvalue weighted by atomic mass is 16.3. The van der Waals surface area contributed by atoms with Gasteiger partial charge in [0.2, 0.25) is 5.78 Å². The van der Waals surface area contributed by atoms with E-state index in [4.69, 9.17) is 4.99 Å². The first kappa shape index (κ1) is 28.0. The largest absolute Gasteiger partial charge is 0.506 e. The maximum atomic E-state index is 12.8. The third-order valence-corrected chi connectivity index (χ3v) is 6.60. The van der Waals surface area contributed by atoms with Crippen molar-refractivity contribution in [1.82, 2.24) is 0 Å². The van der Waals surface area contributed by atoms with Gasteiger partial charge in [-0.2, -0.15) is 0 Å². The molecule has 0 atom stereocenters. The van der Waals surface area contributed by atoms with Crippen LogP contribution in [0.25, 0.3) is 0 Å². The first-order chi connectivity index (χ1) is 17.7. The van der Waals surface area contributed by atoms with Gasteiger partial charge < -0.3 is 30.4 Å². The van der Waals surface area contributed by atoms with E-state index in [9.17, 15) is 20.1 Å². The van der Waals surface area contributed by atoms with E-state index in [1.807, 2.05) is 64.1 Å². The Kier molecular flexibility index (Phi) is 9.49. The number of nitrogens with zero attached hydrogens (tertiary/aromatic N) is 3. The molecule has 3 rings (SSSR count). The van der Waals surface area contributed by atoms with Gasteiger partial charge in [0.05, 0.1) is 24.6 Å². The average Bonchev–Trinajstić information content (AvgIpc) is 2.87. The number of carbonyl (C=O) groups is 1. The summed E-state index contributed by atoms with van der Waals surface area (Å²) in [5.41, 5.74) is 6.60. The van der Waals surface area contributed by atoms with Crippen molar-refractivity contribution >= 4 is 34.2 Å². The van der Waals surface area contributed by atoms with Crippen LogP contribution >= 0.6 is 0 Å². The van der Waals surface area contributed by atoms with Crippen molar-refractivity contribution in [3.8, 4) is 0 Å². The molecule has 4 N–H and O–H groups in total. The van der Waals surface area contributed by atoms with Crippen LogP contribution in [-0.2, 0) is 4.79 Å². The lowest BCUT2D eigenvalue weighted by atomic mass is 9.98. The molecule has 0 bridgehead atoms. The van der Waals surface area contributed by atoms with Crippen molar-refractivity contribution in [2.45, 2.75) is 34.6 Å². The number of hydrogen-bond acceptors (Lipinski definition) is 8. The quantitative estimate of drug-likeness (QED) is 0.334. The molecule has 0 saturated heterocycles. The number of aliphatic imine (C=N–C) groups is 1. The highest BCUT2D eigenvalue weighted by molar-refractivity contribution is 6.25. The second-order valence-electron chi connectivity index (χ2n) is 9.06. The van der Waals surface area contributed by atoms with Gasteiger partial charge in [-0.15, -0.1) is 0 Å². The number of likely N-dealkylation sites (N-methyl/N-ethyl adjacent to an activating group) is 2. The summed E-state index contributed by atoms with van der Waals surface area (Å²) in [6, 6.07) is 11.7. The summed E-state index contributed by atoms with van der Waals surface area (Å²) in [5.74, 6) is -0.482. The van der Waals surface area contributed by atoms with Gasteiger partial charge in [-0.05, 0) is 82.1 Å². The Balaban J connectivity index is 1.94. The third kappa shape index (κ3) is 6.39.